The van der Waals surface area contributed by atoms with Gasteiger partial charge in [0.1, 0.15) is 0 Å². The average Bonchev–Trinajstić information content (AvgIpc) is 0.592. The van der Waals surface area contributed by atoms with E-state index in [1.807, 2.05) is 0 Å². The number of rotatable bonds is 0. The first-order valence-corrected chi connectivity index (χ1v) is 3.31. The van der Waals surface area contributed by atoms with Crippen LogP contribution in [-0.4, -0.2) is 0 Å². The Kier molecular flexibility index (Phi) is 5.73. The summed E-state index contributed by atoms with van der Waals surface area (Å²) in [7, 11) is 0. The summed E-state index contributed by atoms with van der Waals surface area (Å²) in [5.41, 5.74) is 0. The largest absolute Gasteiger partial charge is 0.369 e. The van der Waals surface area contributed by atoms with Crippen LogP contribution in [0, 0.1) is 0 Å². The molecular formula is H12F6FeN3. The van der Waals surface area contributed by atoms with Gasteiger partial charge in [0.2, 0.25) is 0 Å². The average molecular weight is 224 g/mol. The van der Waals surface area contributed by atoms with Gasteiger partial charge in [0.15, 0.2) is 0 Å². The standard InChI is InChI=1S/6FH.Fe.3H3N/h6*1H;;3*1H3/q;;;;;;+3;;;/p-3. The fraction of sp³-hybridized carbons (Fsp3) is 0. The van der Waals surface area contributed by atoms with Crippen LogP contribution in [0.5, 0.6) is 0 Å². The summed E-state index contributed by atoms with van der Waals surface area (Å²) in [6.07, 6.45) is 0. The van der Waals surface area contributed by atoms with Gasteiger partial charge in [-0.05, 0) is 0 Å². The topological polar surface area (TPSA) is 110 Å². The summed E-state index contributed by atoms with van der Waals surface area (Å²) in [5.74, 6) is 0. The summed E-state index contributed by atoms with van der Waals surface area (Å²) in [4.78, 5) is 0. The van der Waals surface area contributed by atoms with Crippen LogP contribution in [0.2, 0.25) is 0 Å². The molecule has 10 heavy (non-hydrogen) atoms. The van der Waals surface area contributed by atoms with Crippen molar-refractivity contribution in [3.05, 3.63) is 0 Å². The Morgan fingerprint density at radius 3 is 0.500 bits per heavy atom. The Labute approximate surface area is 54.2 Å². The van der Waals surface area contributed by atoms with E-state index in [1.54, 1.807) is 0 Å². The second-order valence-corrected chi connectivity index (χ2v) is 3.12. The molecule has 0 aliphatic carbocycles. The van der Waals surface area contributed by atoms with Crippen molar-refractivity contribution < 1.29 is 34.8 Å². The summed E-state index contributed by atoms with van der Waals surface area (Å²) < 4.78 is 59.2. The number of hydrogen-bond acceptors (Lipinski definition) is 0. The fourth-order valence-electron chi connectivity index (χ4n) is 0. The second kappa shape index (κ2) is 2.55. The van der Waals surface area contributed by atoms with Gasteiger partial charge in [0, 0.05) is 0 Å². The van der Waals surface area contributed by atoms with E-state index in [4.69, 9.17) is 0 Å². The van der Waals surface area contributed by atoms with Crippen molar-refractivity contribution in [2.45, 2.75) is 0 Å². The predicted molar refractivity (Wildman–Crippen MR) is 24.6 cm³/mol. The first-order valence-electron chi connectivity index (χ1n) is 0.802. The Morgan fingerprint density at radius 2 is 0.500 bits per heavy atom. The van der Waals surface area contributed by atoms with Crippen molar-refractivity contribution in [2.75, 3.05) is 0 Å². The van der Waals surface area contributed by atoms with Gasteiger partial charge in [-0.25, -0.2) is 0 Å². The number of hydrogen-bond donors (Lipinski definition) is 3. The van der Waals surface area contributed by atoms with Gasteiger partial charge in [-0.1, -0.05) is 0 Å². The van der Waals surface area contributed by atoms with Gasteiger partial charge in [-0.3, -0.25) is 0 Å². The minimum absolute atomic E-state index is 0. The van der Waals surface area contributed by atoms with Gasteiger partial charge in [-0.15, -0.1) is 0 Å². The van der Waals surface area contributed by atoms with Crippen molar-refractivity contribution in [3.8, 4) is 0 Å². The molecule has 0 unspecified atom stereocenters. The van der Waals surface area contributed by atoms with Crippen molar-refractivity contribution in [2.24, 2.45) is 0 Å². The molecule has 0 aliphatic rings. The molecule has 3 nitrogen and oxygen atoms in total. The third kappa shape index (κ3) is 923000. The molecule has 77 valence electrons. The zero-order valence-electron chi connectivity index (χ0n) is 5.62. The van der Waals surface area contributed by atoms with E-state index < -0.39 is 13.5 Å². The Hall–Kier alpha value is -0.0205. The molecule has 10 heteroatoms. The zero-order valence-corrected chi connectivity index (χ0v) is 6.73. The van der Waals surface area contributed by atoms with E-state index in [9.17, 15) is 21.3 Å². The normalized spacial score (nSPS) is 16.2. The smallest absolute Gasteiger partial charge is 0.369 e. The van der Waals surface area contributed by atoms with Crippen LogP contribution in [0.4, 0.5) is 21.3 Å². The van der Waals surface area contributed by atoms with Crippen molar-refractivity contribution in [1.82, 2.24) is 18.5 Å². The maximum absolute atomic E-state index is 10.8. The van der Waals surface area contributed by atoms with E-state index in [0.29, 0.717) is 0 Å². The quantitative estimate of drug-likeness (QED) is 0.412. The van der Waals surface area contributed by atoms with E-state index in [1.165, 1.54) is 0 Å². The van der Waals surface area contributed by atoms with Crippen LogP contribution < -0.4 is 18.5 Å². The van der Waals surface area contributed by atoms with Crippen LogP contribution >= 0.6 is 0 Å². The molecule has 0 aliphatic heterocycles. The van der Waals surface area contributed by atoms with E-state index >= 15 is 0 Å². The predicted octanol–water partition coefficient (Wildman–Crippen LogP) is 3.65. The minimum atomic E-state index is -10.8. The molecule has 0 rings (SSSR count). The molecule has 12 N–H and O–H groups in total. The van der Waals surface area contributed by atoms with Gasteiger partial charge in [-0.2, -0.15) is 0 Å². The van der Waals surface area contributed by atoms with Crippen molar-refractivity contribution in [1.29, 1.82) is 0 Å². The molecule has 0 saturated carbocycles. The number of quaternary nitrogens is 3. The Morgan fingerprint density at radius 1 is 0.500 bits per heavy atom. The molecule has 0 atom stereocenters. The maximum atomic E-state index is 9.88. The van der Waals surface area contributed by atoms with Gasteiger partial charge < -0.3 is 18.5 Å². The fourth-order valence-corrected chi connectivity index (χ4v) is 0. The molecule has 0 fully saturated rings. The summed E-state index contributed by atoms with van der Waals surface area (Å²) in [5, 5.41) is 0. The molecule has 0 aromatic heterocycles. The van der Waals surface area contributed by atoms with Gasteiger partial charge in [0.25, 0.3) is 0 Å². The summed E-state index contributed by atoms with van der Waals surface area (Å²) in [6.45, 7) is 0. The third-order valence-electron chi connectivity index (χ3n) is 0. The van der Waals surface area contributed by atoms with Crippen LogP contribution in [0.3, 0.4) is 0 Å². The van der Waals surface area contributed by atoms with Gasteiger partial charge >= 0.3 is 34.8 Å². The molecule has 0 saturated heterocycles. The summed E-state index contributed by atoms with van der Waals surface area (Å²) in [6, 6.07) is 0. The van der Waals surface area contributed by atoms with E-state index in [-0.39, 0.29) is 18.5 Å². The van der Waals surface area contributed by atoms with Crippen LogP contribution in [0.15, 0.2) is 0 Å². The first-order chi connectivity index (χ1) is 2.45. The molecular weight excluding hydrogens is 212 g/mol. The molecule has 0 spiro atoms. The maximum Gasteiger partial charge on any atom is -0.369 e. The first kappa shape index (κ1) is 22.5. The molecule has 0 amide bonds. The van der Waals surface area contributed by atoms with Gasteiger partial charge in [0.05, 0.1) is 0 Å². The van der Waals surface area contributed by atoms with Crippen LogP contribution in [0.1, 0.15) is 0 Å². The number of halogens is 6. The van der Waals surface area contributed by atoms with E-state index in [2.05, 4.69) is 0 Å². The monoisotopic (exact) mass is 224 g/mol. The van der Waals surface area contributed by atoms with E-state index in [0.717, 1.165) is 0 Å². The molecule has 0 aromatic rings. The molecule has 0 bridgehead atoms. The van der Waals surface area contributed by atoms with Crippen LogP contribution in [0.25, 0.3) is 0 Å². The molecule has 0 heterocycles. The summed E-state index contributed by atoms with van der Waals surface area (Å²) >= 11 is -10.8. The minimum Gasteiger partial charge on any atom is -0.369 e. The third-order valence-corrected chi connectivity index (χ3v) is 0. The molecule has 0 aromatic carbocycles. The zero-order chi connectivity index (χ0) is 6.41. The second-order valence-electron chi connectivity index (χ2n) is 0.758. The molecule has 0 radical (unpaired) electrons. The van der Waals surface area contributed by atoms with Crippen molar-refractivity contribution >= 4 is 0 Å². The SMILES string of the molecule is [F][Fe-3]([F])([F])([F])([F])[F].[NH4+].[NH4+].[NH4+]. The Balaban J connectivity index is -0.0000000600. The van der Waals surface area contributed by atoms with Crippen LogP contribution in [-0.2, 0) is 13.5 Å². The Bertz CT molecular complexity index is 71.6. The van der Waals surface area contributed by atoms with Crippen molar-refractivity contribution in [3.63, 3.8) is 0 Å².